The number of tetrazole rings is 1. The first-order valence-electron chi connectivity index (χ1n) is 7.56. The number of amides is 2. The van der Waals surface area contributed by atoms with Gasteiger partial charge in [0.1, 0.15) is 5.69 Å². The molecular weight excluding hydrogens is 409 g/mol. The van der Waals surface area contributed by atoms with Crippen LogP contribution in [0.3, 0.4) is 0 Å². The number of hydrogen-bond acceptors (Lipinski definition) is 7. The van der Waals surface area contributed by atoms with Crippen molar-refractivity contribution in [3.8, 4) is 5.75 Å². The van der Waals surface area contributed by atoms with E-state index in [0.717, 1.165) is 28.8 Å². The summed E-state index contributed by atoms with van der Waals surface area (Å²) in [6, 6.07) is 1.88. The van der Waals surface area contributed by atoms with E-state index in [0.29, 0.717) is 0 Å². The van der Waals surface area contributed by atoms with Gasteiger partial charge >= 0.3 is 12.5 Å². The Kier molecular flexibility index (Phi) is 6.28. The lowest BCUT2D eigenvalue weighted by molar-refractivity contribution is -0.274. The van der Waals surface area contributed by atoms with Crippen LogP contribution in [0, 0.1) is 0 Å². The molecule has 0 aliphatic carbocycles. The van der Waals surface area contributed by atoms with Crippen LogP contribution in [0.25, 0.3) is 0 Å². The van der Waals surface area contributed by atoms with Crippen molar-refractivity contribution in [2.24, 2.45) is 7.05 Å². The number of anilines is 2. The monoisotopic (exact) mass is 422 g/mol. The van der Waals surface area contributed by atoms with Gasteiger partial charge in [0, 0.05) is 13.6 Å². The molecule has 1 N–H and O–H groups in total. The Morgan fingerprint density at radius 3 is 2.54 bits per heavy atom. The lowest BCUT2D eigenvalue weighted by atomic mass is 10.1. The molecule has 2 aromatic rings. The van der Waals surface area contributed by atoms with E-state index in [4.69, 9.17) is 11.6 Å². The van der Waals surface area contributed by atoms with Gasteiger partial charge in [-0.25, -0.2) is 9.48 Å². The van der Waals surface area contributed by atoms with Crippen LogP contribution in [0.5, 0.6) is 5.75 Å². The van der Waals surface area contributed by atoms with Gasteiger partial charge in [0.05, 0.1) is 17.7 Å². The third kappa shape index (κ3) is 4.60. The summed E-state index contributed by atoms with van der Waals surface area (Å²) in [6.45, 7) is 1.36. The number of aromatic nitrogens is 4. The Hall–Kier alpha value is -3.09. The highest BCUT2D eigenvalue weighted by atomic mass is 35.5. The first-order valence-corrected chi connectivity index (χ1v) is 7.94. The van der Waals surface area contributed by atoms with Gasteiger partial charge in [-0.1, -0.05) is 16.7 Å². The maximum Gasteiger partial charge on any atom is 0.573 e. The zero-order valence-electron chi connectivity index (χ0n) is 14.7. The number of nitrogens with one attached hydrogen (secondary N) is 1. The molecule has 0 bridgehead atoms. The number of ether oxygens (including phenoxy) is 2. The van der Waals surface area contributed by atoms with Crippen molar-refractivity contribution in [3.63, 3.8) is 0 Å². The molecule has 2 amide bonds. The Bertz CT molecular complexity index is 888. The van der Waals surface area contributed by atoms with E-state index in [1.165, 1.54) is 14.0 Å². The van der Waals surface area contributed by atoms with Crippen LogP contribution in [0.4, 0.5) is 29.6 Å². The van der Waals surface area contributed by atoms with E-state index in [-0.39, 0.29) is 18.1 Å². The zero-order valence-corrected chi connectivity index (χ0v) is 15.5. The zero-order chi connectivity index (χ0) is 21.1. The number of hydrogen-bond donors (Lipinski definition) is 1. The van der Waals surface area contributed by atoms with Gasteiger partial charge in [0.2, 0.25) is 5.95 Å². The van der Waals surface area contributed by atoms with Gasteiger partial charge in [0.15, 0.2) is 5.75 Å². The minimum absolute atomic E-state index is 0.0291. The molecule has 0 saturated carbocycles. The number of halogens is 4. The molecule has 152 valence electrons. The fraction of sp³-hybridized carbons (Fsp3) is 0.357. The number of nitrogens with zero attached hydrogens (tertiary/aromatic N) is 5. The van der Waals surface area contributed by atoms with E-state index in [1.807, 2.05) is 0 Å². The Labute approximate surface area is 161 Å². The second-order valence-electron chi connectivity index (χ2n) is 5.12. The molecule has 0 radical (unpaired) electrons. The van der Waals surface area contributed by atoms with E-state index in [1.54, 1.807) is 0 Å². The molecule has 2 rings (SSSR count). The second-order valence-corrected chi connectivity index (χ2v) is 5.49. The summed E-state index contributed by atoms with van der Waals surface area (Å²) < 4.78 is 47.9. The molecule has 0 atom stereocenters. The van der Waals surface area contributed by atoms with E-state index in [2.05, 4.69) is 30.3 Å². The number of carbonyl (C=O) groups excluding carboxylic acids is 2. The van der Waals surface area contributed by atoms with Crippen molar-refractivity contribution in [1.82, 2.24) is 20.2 Å². The molecule has 1 aromatic carbocycles. The van der Waals surface area contributed by atoms with Crippen molar-refractivity contribution in [3.05, 3.63) is 22.7 Å². The molecule has 28 heavy (non-hydrogen) atoms. The second kappa shape index (κ2) is 8.29. The summed E-state index contributed by atoms with van der Waals surface area (Å²) in [4.78, 5) is 25.3. The number of rotatable bonds is 5. The van der Waals surface area contributed by atoms with Gasteiger partial charge in [-0.3, -0.25) is 15.0 Å². The SMILES string of the molecule is CCN(C(=O)OC)c1c(OC(F)(F)F)ccc(C(=O)Nc2nnnn2C)c1Cl. The molecule has 0 spiro atoms. The van der Waals surface area contributed by atoms with Gasteiger partial charge < -0.3 is 9.47 Å². The maximum atomic E-state index is 12.8. The van der Waals surface area contributed by atoms with E-state index in [9.17, 15) is 22.8 Å². The van der Waals surface area contributed by atoms with Crippen LogP contribution < -0.4 is 15.0 Å². The lowest BCUT2D eigenvalue weighted by Crippen LogP contribution is -2.32. The van der Waals surface area contributed by atoms with E-state index >= 15 is 0 Å². The average Bonchev–Trinajstić information content (AvgIpc) is 3.01. The third-order valence-electron chi connectivity index (χ3n) is 3.38. The fourth-order valence-corrected chi connectivity index (χ4v) is 2.52. The highest BCUT2D eigenvalue weighted by Gasteiger charge is 2.35. The number of alkyl halides is 3. The number of methoxy groups -OCH3 is 1. The third-order valence-corrected chi connectivity index (χ3v) is 3.76. The number of aryl methyl sites for hydroxylation is 1. The summed E-state index contributed by atoms with van der Waals surface area (Å²) in [5, 5.41) is 12.3. The van der Waals surface area contributed by atoms with Crippen LogP contribution in [-0.2, 0) is 11.8 Å². The summed E-state index contributed by atoms with van der Waals surface area (Å²) in [5.41, 5.74) is -0.714. The highest BCUT2D eigenvalue weighted by molar-refractivity contribution is 6.37. The molecular formula is C14H14ClF3N6O4. The summed E-state index contributed by atoms with van der Waals surface area (Å²) in [5.74, 6) is -1.62. The van der Waals surface area contributed by atoms with Crippen LogP contribution in [-0.4, -0.2) is 52.2 Å². The Balaban J connectivity index is 2.54. The largest absolute Gasteiger partial charge is 0.573 e. The maximum absolute atomic E-state index is 12.8. The van der Waals surface area contributed by atoms with Crippen molar-refractivity contribution < 1.29 is 32.2 Å². The van der Waals surface area contributed by atoms with Gasteiger partial charge in [-0.15, -0.1) is 13.2 Å². The topological polar surface area (TPSA) is 111 Å². The molecule has 0 aliphatic rings. The average molecular weight is 423 g/mol. The highest BCUT2D eigenvalue weighted by Crippen LogP contribution is 2.41. The van der Waals surface area contributed by atoms with Gasteiger partial charge in [-0.2, -0.15) is 0 Å². The lowest BCUT2D eigenvalue weighted by Gasteiger charge is -2.24. The van der Waals surface area contributed by atoms with Crippen molar-refractivity contribution >= 4 is 35.2 Å². The molecule has 1 heterocycles. The van der Waals surface area contributed by atoms with Gasteiger partial charge in [0.25, 0.3) is 5.91 Å². The smallest absolute Gasteiger partial charge is 0.452 e. The molecule has 0 unspecified atom stereocenters. The molecule has 1 aromatic heterocycles. The first-order chi connectivity index (χ1) is 13.1. The minimum atomic E-state index is -5.05. The predicted octanol–water partition coefficient (Wildman–Crippen LogP) is 2.61. The summed E-state index contributed by atoms with van der Waals surface area (Å²) >= 11 is 6.18. The van der Waals surface area contributed by atoms with Crippen molar-refractivity contribution in [2.75, 3.05) is 23.9 Å². The Morgan fingerprint density at radius 2 is 2.04 bits per heavy atom. The summed E-state index contributed by atoms with van der Waals surface area (Å²) in [7, 11) is 2.50. The van der Waals surface area contributed by atoms with Crippen molar-refractivity contribution in [2.45, 2.75) is 13.3 Å². The van der Waals surface area contributed by atoms with Crippen molar-refractivity contribution in [1.29, 1.82) is 0 Å². The van der Waals surface area contributed by atoms with Crippen LogP contribution in [0.1, 0.15) is 17.3 Å². The first kappa shape index (κ1) is 21.2. The van der Waals surface area contributed by atoms with Crippen LogP contribution in [0.15, 0.2) is 12.1 Å². The fourth-order valence-electron chi connectivity index (χ4n) is 2.17. The predicted molar refractivity (Wildman–Crippen MR) is 90.3 cm³/mol. The van der Waals surface area contributed by atoms with Gasteiger partial charge in [-0.05, 0) is 29.5 Å². The number of carbonyl (C=O) groups is 2. The van der Waals surface area contributed by atoms with Crippen LogP contribution in [0.2, 0.25) is 5.02 Å². The Morgan fingerprint density at radius 1 is 1.36 bits per heavy atom. The molecule has 10 nitrogen and oxygen atoms in total. The molecule has 0 fully saturated rings. The minimum Gasteiger partial charge on any atom is -0.452 e. The quantitative estimate of drug-likeness (QED) is 0.788. The normalized spacial score (nSPS) is 11.1. The van der Waals surface area contributed by atoms with E-state index < -0.39 is 34.8 Å². The van der Waals surface area contributed by atoms with Crippen LogP contribution >= 0.6 is 11.6 Å². The molecule has 14 heteroatoms. The standard InChI is InChI=1S/C14H14ClF3N6O4/c1-4-24(13(26)27-3)10-8(28-14(16,17)18)6-5-7(9(10)15)11(25)19-12-20-21-22-23(12)2/h5-6H,4H2,1-3H3,(H,19,20,22,25). The molecule has 0 saturated heterocycles. The summed E-state index contributed by atoms with van der Waals surface area (Å²) in [6.07, 6.45) is -6.05. The number of benzene rings is 1. The molecule has 0 aliphatic heterocycles.